The molecule has 0 fully saturated rings. The van der Waals surface area contributed by atoms with Crippen molar-refractivity contribution in [1.29, 1.82) is 0 Å². The fourth-order valence-electron chi connectivity index (χ4n) is 1.13. The average Bonchev–Trinajstić information content (AvgIpc) is 2.35. The van der Waals surface area contributed by atoms with Gasteiger partial charge in [-0.1, -0.05) is 18.2 Å². The highest BCUT2D eigenvalue weighted by atomic mass is 16.5. The summed E-state index contributed by atoms with van der Waals surface area (Å²) in [5.74, 6) is -1.27. The molecule has 4 nitrogen and oxygen atoms in total. The van der Waals surface area contributed by atoms with Gasteiger partial charge in [-0.15, -0.1) is 0 Å². The zero-order valence-corrected chi connectivity index (χ0v) is 9.30. The zero-order chi connectivity index (χ0) is 12.0. The Morgan fingerprint density at radius 2 is 1.88 bits per heavy atom. The van der Waals surface area contributed by atoms with E-state index >= 15 is 0 Å². The molecule has 0 aliphatic carbocycles. The summed E-state index contributed by atoms with van der Waals surface area (Å²) in [6.45, 7) is 1.67. The van der Waals surface area contributed by atoms with Gasteiger partial charge in [0.1, 0.15) is 6.61 Å². The van der Waals surface area contributed by atoms with Gasteiger partial charge in [0.25, 0.3) is 0 Å². The largest absolute Gasteiger partial charge is 0.469 e. The number of carbonyl (C=O) groups excluding carboxylic acids is 2. The van der Waals surface area contributed by atoms with Crippen LogP contribution in [0.5, 0.6) is 0 Å². The fraction of sp³-hybridized carbons (Fsp3) is 0.333. The maximum atomic E-state index is 11.5. The van der Waals surface area contributed by atoms with Crippen LogP contribution >= 0.6 is 0 Å². The molecule has 1 aromatic carbocycles. The summed E-state index contributed by atoms with van der Waals surface area (Å²) in [5, 5.41) is 0. The Hall–Kier alpha value is -1.84. The predicted molar refractivity (Wildman–Crippen MR) is 57.9 cm³/mol. The molecule has 0 bridgehead atoms. The Labute approximate surface area is 94.2 Å². The van der Waals surface area contributed by atoms with Crippen LogP contribution in [0, 0.1) is 5.92 Å². The van der Waals surface area contributed by atoms with Gasteiger partial charge in [-0.25, -0.2) is 4.79 Å². The van der Waals surface area contributed by atoms with Gasteiger partial charge < -0.3 is 9.47 Å². The molecular weight excluding hydrogens is 208 g/mol. The van der Waals surface area contributed by atoms with Gasteiger partial charge in [0.15, 0.2) is 0 Å². The summed E-state index contributed by atoms with van der Waals surface area (Å²) in [6.07, 6.45) is 0. The number of hydrogen-bond donors (Lipinski definition) is 0. The predicted octanol–water partition coefficient (Wildman–Crippen LogP) is 1.65. The number of carbonyl (C=O) groups is 2. The molecular formula is C12H14O4. The quantitative estimate of drug-likeness (QED) is 0.727. The summed E-state index contributed by atoms with van der Waals surface area (Å²) >= 11 is 0. The Morgan fingerprint density at radius 3 is 2.44 bits per heavy atom. The molecule has 1 atom stereocenters. The second kappa shape index (κ2) is 5.90. The summed E-state index contributed by atoms with van der Waals surface area (Å²) < 4.78 is 9.49. The lowest BCUT2D eigenvalue weighted by Gasteiger charge is -2.09. The summed E-state index contributed by atoms with van der Waals surface area (Å²) in [4.78, 5) is 22.5. The number of esters is 2. The van der Waals surface area contributed by atoms with E-state index in [1.165, 1.54) is 7.11 Å². The molecule has 0 aliphatic rings. The second-order valence-corrected chi connectivity index (χ2v) is 3.39. The molecule has 0 N–H and O–H groups in total. The van der Waals surface area contributed by atoms with Gasteiger partial charge in [0.2, 0.25) is 0 Å². The van der Waals surface area contributed by atoms with Crippen molar-refractivity contribution < 1.29 is 19.1 Å². The number of rotatable bonds is 4. The van der Waals surface area contributed by atoms with E-state index in [4.69, 9.17) is 4.74 Å². The van der Waals surface area contributed by atoms with E-state index < -0.39 is 11.9 Å². The van der Waals surface area contributed by atoms with E-state index in [2.05, 4.69) is 4.74 Å². The van der Waals surface area contributed by atoms with E-state index in [9.17, 15) is 9.59 Å². The van der Waals surface area contributed by atoms with Crippen molar-refractivity contribution in [3.8, 4) is 0 Å². The van der Waals surface area contributed by atoms with Crippen LogP contribution in [0.1, 0.15) is 17.3 Å². The van der Waals surface area contributed by atoms with E-state index in [1.54, 1.807) is 31.2 Å². The molecule has 1 rings (SSSR count). The van der Waals surface area contributed by atoms with Crippen LogP contribution < -0.4 is 0 Å². The first-order valence-corrected chi connectivity index (χ1v) is 4.95. The minimum Gasteiger partial charge on any atom is -0.469 e. The van der Waals surface area contributed by atoms with Crippen LogP contribution in [-0.2, 0) is 14.3 Å². The van der Waals surface area contributed by atoms with Gasteiger partial charge >= 0.3 is 11.9 Å². The number of methoxy groups -OCH3 is 1. The van der Waals surface area contributed by atoms with Crippen molar-refractivity contribution in [2.45, 2.75) is 6.92 Å². The fourth-order valence-corrected chi connectivity index (χ4v) is 1.13. The second-order valence-electron chi connectivity index (χ2n) is 3.39. The first-order valence-electron chi connectivity index (χ1n) is 4.95. The van der Waals surface area contributed by atoms with Crippen molar-refractivity contribution in [3.05, 3.63) is 35.9 Å². The van der Waals surface area contributed by atoms with Crippen LogP contribution in [0.15, 0.2) is 30.3 Å². The molecule has 0 heterocycles. The van der Waals surface area contributed by atoms with Crippen molar-refractivity contribution >= 4 is 11.9 Å². The highest BCUT2D eigenvalue weighted by Gasteiger charge is 2.16. The van der Waals surface area contributed by atoms with Crippen molar-refractivity contribution in [3.63, 3.8) is 0 Å². The topological polar surface area (TPSA) is 52.6 Å². The minimum atomic E-state index is -0.447. The van der Waals surface area contributed by atoms with E-state index in [0.717, 1.165) is 0 Å². The Bertz CT molecular complexity index is 359. The third-order valence-corrected chi connectivity index (χ3v) is 2.08. The highest BCUT2D eigenvalue weighted by molar-refractivity contribution is 5.89. The lowest BCUT2D eigenvalue weighted by Crippen LogP contribution is -2.20. The molecule has 86 valence electrons. The van der Waals surface area contributed by atoms with E-state index in [-0.39, 0.29) is 12.6 Å². The maximum Gasteiger partial charge on any atom is 0.338 e. The zero-order valence-electron chi connectivity index (χ0n) is 9.30. The average molecular weight is 222 g/mol. The molecule has 0 aliphatic heterocycles. The highest BCUT2D eigenvalue weighted by Crippen LogP contribution is 2.04. The molecule has 4 heteroatoms. The number of hydrogen-bond acceptors (Lipinski definition) is 4. The van der Waals surface area contributed by atoms with Gasteiger partial charge in [0, 0.05) is 0 Å². The molecule has 0 saturated carbocycles. The molecule has 0 aromatic heterocycles. The van der Waals surface area contributed by atoms with Crippen molar-refractivity contribution in [1.82, 2.24) is 0 Å². The van der Waals surface area contributed by atoms with Gasteiger partial charge in [0.05, 0.1) is 18.6 Å². The van der Waals surface area contributed by atoms with Crippen LogP contribution in [0.25, 0.3) is 0 Å². The third-order valence-electron chi connectivity index (χ3n) is 2.08. The van der Waals surface area contributed by atoms with Crippen LogP contribution in [-0.4, -0.2) is 25.7 Å². The summed E-state index contributed by atoms with van der Waals surface area (Å²) in [7, 11) is 1.30. The normalized spacial score (nSPS) is 11.6. The molecule has 0 saturated heterocycles. The van der Waals surface area contributed by atoms with Gasteiger partial charge in [-0.2, -0.15) is 0 Å². The van der Waals surface area contributed by atoms with Crippen molar-refractivity contribution in [2.24, 2.45) is 5.92 Å². The smallest absolute Gasteiger partial charge is 0.338 e. The lowest BCUT2D eigenvalue weighted by atomic mass is 10.2. The monoisotopic (exact) mass is 222 g/mol. The summed E-state index contributed by atoms with van der Waals surface area (Å²) in [5.41, 5.74) is 0.472. The van der Waals surface area contributed by atoms with Gasteiger partial charge in [-0.05, 0) is 19.1 Å². The minimum absolute atomic E-state index is 0.0282. The van der Waals surface area contributed by atoms with Crippen LogP contribution in [0.4, 0.5) is 0 Å². The number of ether oxygens (including phenoxy) is 2. The molecule has 0 radical (unpaired) electrons. The number of benzene rings is 1. The summed E-state index contributed by atoms with van der Waals surface area (Å²) in [6, 6.07) is 8.63. The van der Waals surface area contributed by atoms with Crippen LogP contribution in [0.2, 0.25) is 0 Å². The molecule has 1 aromatic rings. The lowest BCUT2D eigenvalue weighted by molar-refractivity contribution is -0.146. The first-order chi connectivity index (χ1) is 7.65. The molecule has 0 amide bonds. The molecule has 0 spiro atoms. The Kier molecular flexibility index (Phi) is 4.51. The maximum absolute atomic E-state index is 11.5. The van der Waals surface area contributed by atoms with Crippen LogP contribution in [0.3, 0.4) is 0 Å². The van der Waals surface area contributed by atoms with E-state index in [0.29, 0.717) is 5.56 Å². The Morgan fingerprint density at radius 1 is 1.25 bits per heavy atom. The molecule has 0 unspecified atom stereocenters. The first kappa shape index (κ1) is 12.2. The van der Waals surface area contributed by atoms with E-state index in [1.807, 2.05) is 6.07 Å². The molecule has 16 heavy (non-hydrogen) atoms. The van der Waals surface area contributed by atoms with Crippen molar-refractivity contribution in [2.75, 3.05) is 13.7 Å². The SMILES string of the molecule is COC(=O)[C@@H](C)COC(=O)c1ccccc1. The standard InChI is InChI=1S/C12H14O4/c1-9(11(13)15-2)8-16-12(14)10-6-4-3-5-7-10/h3-7,9H,8H2,1-2H3/t9-/m0/s1. The third kappa shape index (κ3) is 3.38. The van der Waals surface area contributed by atoms with Gasteiger partial charge in [-0.3, -0.25) is 4.79 Å². The Balaban J connectivity index is 2.45.